The molecule has 0 saturated heterocycles. The minimum atomic E-state index is -0.308. The van der Waals surface area contributed by atoms with E-state index in [0.29, 0.717) is 22.3 Å². The molecule has 0 unspecified atom stereocenters. The standard InChI is InChI=1S/C23H19N3O3/c1-16-6-5-9-20-22(16)24-15-26(23(20)28)14-21(27)25-17-10-12-19(13-11-17)29-18-7-3-2-4-8-18/h2-13,15H,14H2,1H3,(H,25,27). The lowest BCUT2D eigenvalue weighted by molar-refractivity contribution is -0.116. The van der Waals surface area contributed by atoms with E-state index in [2.05, 4.69) is 10.3 Å². The number of ether oxygens (including phenoxy) is 1. The Labute approximate surface area is 167 Å². The van der Waals surface area contributed by atoms with Gasteiger partial charge in [0.2, 0.25) is 5.91 Å². The van der Waals surface area contributed by atoms with Crippen LogP contribution in [0, 0.1) is 6.92 Å². The Hall–Kier alpha value is -3.93. The van der Waals surface area contributed by atoms with Crippen LogP contribution in [-0.2, 0) is 11.3 Å². The van der Waals surface area contributed by atoms with Gasteiger partial charge in [-0.25, -0.2) is 4.98 Å². The molecule has 1 amide bonds. The van der Waals surface area contributed by atoms with Crippen LogP contribution in [0.4, 0.5) is 5.69 Å². The van der Waals surface area contributed by atoms with E-state index in [1.54, 1.807) is 30.3 Å². The number of amides is 1. The van der Waals surface area contributed by atoms with E-state index in [1.165, 1.54) is 10.9 Å². The minimum absolute atomic E-state index is 0.113. The van der Waals surface area contributed by atoms with Crippen LogP contribution in [0.25, 0.3) is 10.9 Å². The van der Waals surface area contributed by atoms with Gasteiger partial charge < -0.3 is 10.1 Å². The van der Waals surface area contributed by atoms with Crippen LogP contribution >= 0.6 is 0 Å². The molecule has 0 atom stereocenters. The van der Waals surface area contributed by atoms with Crippen molar-refractivity contribution in [3.63, 3.8) is 0 Å². The van der Waals surface area contributed by atoms with Gasteiger partial charge in [-0.15, -0.1) is 0 Å². The van der Waals surface area contributed by atoms with E-state index in [-0.39, 0.29) is 18.0 Å². The van der Waals surface area contributed by atoms with Gasteiger partial charge in [0.05, 0.1) is 17.2 Å². The highest BCUT2D eigenvalue weighted by molar-refractivity contribution is 5.90. The topological polar surface area (TPSA) is 73.2 Å². The third-order valence-electron chi connectivity index (χ3n) is 4.49. The lowest BCUT2D eigenvalue weighted by Gasteiger charge is -2.10. The summed E-state index contributed by atoms with van der Waals surface area (Å²) in [5, 5.41) is 3.29. The Morgan fingerprint density at radius 2 is 1.69 bits per heavy atom. The first-order valence-corrected chi connectivity index (χ1v) is 9.18. The molecule has 0 saturated carbocycles. The van der Waals surface area contributed by atoms with E-state index < -0.39 is 0 Å². The van der Waals surface area contributed by atoms with Gasteiger partial charge in [0.1, 0.15) is 18.0 Å². The van der Waals surface area contributed by atoms with E-state index in [1.807, 2.05) is 49.4 Å². The van der Waals surface area contributed by atoms with Crippen LogP contribution in [0.3, 0.4) is 0 Å². The smallest absolute Gasteiger partial charge is 0.261 e. The largest absolute Gasteiger partial charge is 0.457 e. The Balaban J connectivity index is 1.44. The van der Waals surface area contributed by atoms with Crippen LogP contribution in [0.15, 0.2) is 83.9 Å². The molecule has 6 nitrogen and oxygen atoms in total. The van der Waals surface area contributed by atoms with Crippen molar-refractivity contribution in [1.82, 2.24) is 9.55 Å². The van der Waals surface area contributed by atoms with Crippen molar-refractivity contribution in [1.29, 1.82) is 0 Å². The van der Waals surface area contributed by atoms with Gasteiger partial charge >= 0.3 is 0 Å². The van der Waals surface area contributed by atoms with Crippen LogP contribution < -0.4 is 15.6 Å². The molecular formula is C23H19N3O3. The number of para-hydroxylation sites is 2. The van der Waals surface area contributed by atoms with Gasteiger partial charge in [-0.1, -0.05) is 30.3 Å². The summed E-state index contributed by atoms with van der Waals surface area (Å²) < 4.78 is 7.04. The molecule has 1 heterocycles. The van der Waals surface area contributed by atoms with Crippen LogP contribution in [-0.4, -0.2) is 15.5 Å². The molecule has 4 rings (SSSR count). The maximum atomic E-state index is 12.6. The summed E-state index contributed by atoms with van der Waals surface area (Å²) in [5.41, 5.74) is 1.96. The highest BCUT2D eigenvalue weighted by Crippen LogP contribution is 2.22. The van der Waals surface area contributed by atoms with Crippen molar-refractivity contribution in [2.24, 2.45) is 0 Å². The second-order valence-electron chi connectivity index (χ2n) is 6.64. The summed E-state index contributed by atoms with van der Waals surface area (Å²) in [7, 11) is 0. The molecule has 144 valence electrons. The van der Waals surface area contributed by atoms with Gasteiger partial charge in [0, 0.05) is 5.69 Å². The maximum absolute atomic E-state index is 12.6. The van der Waals surface area contributed by atoms with Crippen molar-refractivity contribution < 1.29 is 9.53 Å². The number of fused-ring (bicyclic) bond motifs is 1. The fraction of sp³-hybridized carbons (Fsp3) is 0.0870. The SMILES string of the molecule is Cc1cccc2c(=O)n(CC(=O)Nc3ccc(Oc4ccccc4)cc3)cnc12. The second-order valence-corrected chi connectivity index (χ2v) is 6.64. The van der Waals surface area contributed by atoms with Crippen LogP contribution in [0.5, 0.6) is 11.5 Å². The van der Waals surface area contributed by atoms with Gasteiger partial charge in [0.15, 0.2) is 0 Å². The van der Waals surface area contributed by atoms with Crippen molar-refractivity contribution >= 4 is 22.5 Å². The number of aryl methyl sites for hydroxylation is 1. The number of carbonyl (C=O) groups is 1. The number of nitrogens with zero attached hydrogens (tertiary/aromatic N) is 2. The summed E-state index contributed by atoms with van der Waals surface area (Å²) in [4.78, 5) is 29.3. The molecule has 0 aliphatic rings. The molecule has 0 radical (unpaired) electrons. The number of benzene rings is 3. The summed E-state index contributed by atoms with van der Waals surface area (Å²) >= 11 is 0. The molecule has 0 fully saturated rings. The van der Waals surface area contributed by atoms with E-state index in [4.69, 9.17) is 4.74 Å². The molecule has 1 N–H and O–H groups in total. The summed E-state index contributed by atoms with van der Waals surface area (Å²) in [6.07, 6.45) is 1.41. The van der Waals surface area contributed by atoms with Gasteiger partial charge in [-0.05, 0) is 55.0 Å². The Morgan fingerprint density at radius 1 is 0.966 bits per heavy atom. The van der Waals surface area contributed by atoms with Crippen molar-refractivity contribution in [2.45, 2.75) is 13.5 Å². The minimum Gasteiger partial charge on any atom is -0.457 e. The molecule has 4 aromatic rings. The van der Waals surface area contributed by atoms with E-state index >= 15 is 0 Å². The molecule has 29 heavy (non-hydrogen) atoms. The van der Waals surface area contributed by atoms with Gasteiger partial charge in [0.25, 0.3) is 5.56 Å². The first-order valence-electron chi connectivity index (χ1n) is 9.18. The summed E-state index contributed by atoms with van der Waals surface area (Å²) in [6, 6.07) is 21.9. The van der Waals surface area contributed by atoms with Crippen LogP contribution in [0.2, 0.25) is 0 Å². The zero-order valence-corrected chi connectivity index (χ0v) is 15.8. The third-order valence-corrected chi connectivity index (χ3v) is 4.49. The number of hydrogen-bond donors (Lipinski definition) is 1. The fourth-order valence-corrected chi connectivity index (χ4v) is 3.04. The number of nitrogens with one attached hydrogen (secondary N) is 1. The highest BCUT2D eigenvalue weighted by Gasteiger charge is 2.10. The Bertz CT molecular complexity index is 1220. The predicted molar refractivity (Wildman–Crippen MR) is 112 cm³/mol. The maximum Gasteiger partial charge on any atom is 0.261 e. The molecule has 0 bridgehead atoms. The van der Waals surface area contributed by atoms with Crippen molar-refractivity contribution in [3.05, 3.63) is 95.0 Å². The van der Waals surface area contributed by atoms with E-state index in [9.17, 15) is 9.59 Å². The first-order chi connectivity index (χ1) is 14.1. The molecule has 3 aromatic carbocycles. The number of rotatable bonds is 5. The average Bonchev–Trinajstić information content (AvgIpc) is 2.73. The van der Waals surface area contributed by atoms with Gasteiger partial charge in [-0.2, -0.15) is 0 Å². The first kappa shape index (κ1) is 18.4. The quantitative estimate of drug-likeness (QED) is 0.560. The van der Waals surface area contributed by atoms with Crippen LogP contribution in [0.1, 0.15) is 5.56 Å². The van der Waals surface area contributed by atoms with Gasteiger partial charge in [-0.3, -0.25) is 14.2 Å². The Morgan fingerprint density at radius 3 is 2.45 bits per heavy atom. The third kappa shape index (κ3) is 4.16. The normalized spacial score (nSPS) is 10.7. The van der Waals surface area contributed by atoms with E-state index in [0.717, 1.165) is 11.3 Å². The molecule has 0 aliphatic heterocycles. The predicted octanol–water partition coefficient (Wildman–Crippen LogP) is 4.14. The molecule has 0 spiro atoms. The number of anilines is 1. The lowest BCUT2D eigenvalue weighted by atomic mass is 10.1. The number of aromatic nitrogens is 2. The average molecular weight is 385 g/mol. The van der Waals surface area contributed by atoms with Crippen molar-refractivity contribution in [2.75, 3.05) is 5.32 Å². The second kappa shape index (κ2) is 7.98. The number of hydrogen-bond acceptors (Lipinski definition) is 4. The Kier molecular flexibility index (Phi) is 5.07. The monoisotopic (exact) mass is 385 g/mol. The molecule has 6 heteroatoms. The van der Waals surface area contributed by atoms with Crippen molar-refractivity contribution in [3.8, 4) is 11.5 Å². The fourth-order valence-electron chi connectivity index (χ4n) is 3.04. The summed E-state index contributed by atoms with van der Waals surface area (Å²) in [6.45, 7) is 1.79. The zero-order valence-electron chi connectivity index (χ0n) is 15.8. The molecule has 0 aliphatic carbocycles. The lowest BCUT2D eigenvalue weighted by Crippen LogP contribution is -2.28. The summed E-state index contributed by atoms with van der Waals surface area (Å²) in [5.74, 6) is 1.10. The number of carbonyl (C=O) groups excluding carboxylic acids is 1. The molecule has 1 aromatic heterocycles. The zero-order chi connectivity index (χ0) is 20.2. The molecular weight excluding hydrogens is 366 g/mol. The highest BCUT2D eigenvalue weighted by atomic mass is 16.5.